The van der Waals surface area contributed by atoms with Crippen molar-refractivity contribution >= 4 is 34.8 Å². The van der Waals surface area contributed by atoms with Gasteiger partial charge in [-0.2, -0.15) is 0 Å². The fourth-order valence-corrected chi connectivity index (χ4v) is 2.39. The SMILES string of the molecule is O=C1Cc2cc(NC(=O)c3ccccc3F)c(Cl)cc2N1. The normalized spacial score (nSPS) is 12.8. The molecule has 2 amide bonds. The first kappa shape index (κ1) is 13.6. The number of hydrogen-bond acceptors (Lipinski definition) is 2. The molecule has 2 aromatic rings. The van der Waals surface area contributed by atoms with Crippen LogP contribution in [0.2, 0.25) is 5.02 Å². The summed E-state index contributed by atoms with van der Waals surface area (Å²) in [7, 11) is 0. The first-order valence-electron chi connectivity index (χ1n) is 6.23. The molecule has 0 saturated carbocycles. The van der Waals surface area contributed by atoms with Crippen molar-refractivity contribution in [3.05, 3.63) is 58.4 Å². The summed E-state index contributed by atoms with van der Waals surface area (Å²) >= 11 is 6.07. The zero-order valence-corrected chi connectivity index (χ0v) is 11.5. The molecular formula is C15H10ClFN2O2. The highest BCUT2D eigenvalue weighted by Crippen LogP contribution is 2.33. The molecule has 1 aliphatic rings. The third kappa shape index (κ3) is 2.60. The Bertz CT molecular complexity index is 761. The van der Waals surface area contributed by atoms with E-state index in [1.165, 1.54) is 18.2 Å². The van der Waals surface area contributed by atoms with Crippen molar-refractivity contribution in [3.63, 3.8) is 0 Å². The Labute approximate surface area is 124 Å². The van der Waals surface area contributed by atoms with E-state index in [2.05, 4.69) is 10.6 Å². The van der Waals surface area contributed by atoms with Crippen molar-refractivity contribution in [1.82, 2.24) is 0 Å². The van der Waals surface area contributed by atoms with Gasteiger partial charge < -0.3 is 10.6 Å². The number of halogens is 2. The van der Waals surface area contributed by atoms with Crippen molar-refractivity contribution in [1.29, 1.82) is 0 Å². The summed E-state index contributed by atoms with van der Waals surface area (Å²) in [6, 6.07) is 8.86. The van der Waals surface area contributed by atoms with Gasteiger partial charge in [-0.3, -0.25) is 9.59 Å². The van der Waals surface area contributed by atoms with Gasteiger partial charge in [0, 0.05) is 5.69 Å². The van der Waals surface area contributed by atoms with Crippen LogP contribution in [-0.2, 0) is 11.2 Å². The number of anilines is 2. The predicted octanol–water partition coefficient (Wildman–Crippen LogP) is 3.23. The van der Waals surface area contributed by atoms with Gasteiger partial charge in [-0.15, -0.1) is 0 Å². The summed E-state index contributed by atoms with van der Waals surface area (Å²) in [6.07, 6.45) is 0.231. The minimum absolute atomic E-state index is 0.0664. The molecule has 0 saturated heterocycles. The Hall–Kier alpha value is -2.40. The van der Waals surface area contributed by atoms with Crippen LogP contribution in [0.4, 0.5) is 15.8 Å². The second-order valence-electron chi connectivity index (χ2n) is 4.65. The van der Waals surface area contributed by atoms with Gasteiger partial charge in [-0.05, 0) is 29.8 Å². The Morgan fingerprint density at radius 1 is 1.29 bits per heavy atom. The summed E-state index contributed by atoms with van der Waals surface area (Å²) in [4.78, 5) is 23.4. The van der Waals surface area contributed by atoms with E-state index in [0.29, 0.717) is 11.4 Å². The van der Waals surface area contributed by atoms with E-state index >= 15 is 0 Å². The van der Waals surface area contributed by atoms with Crippen LogP contribution in [-0.4, -0.2) is 11.8 Å². The highest BCUT2D eigenvalue weighted by Gasteiger charge is 2.21. The molecule has 1 aliphatic heterocycles. The van der Waals surface area contributed by atoms with E-state index in [0.717, 1.165) is 5.56 Å². The van der Waals surface area contributed by atoms with Crippen LogP contribution in [0.1, 0.15) is 15.9 Å². The molecule has 6 heteroatoms. The molecule has 3 rings (SSSR count). The van der Waals surface area contributed by atoms with Crippen molar-refractivity contribution in [2.45, 2.75) is 6.42 Å². The molecule has 4 nitrogen and oxygen atoms in total. The topological polar surface area (TPSA) is 58.2 Å². The molecule has 0 aliphatic carbocycles. The molecule has 106 valence electrons. The average Bonchev–Trinajstić information content (AvgIpc) is 2.78. The maximum absolute atomic E-state index is 13.6. The lowest BCUT2D eigenvalue weighted by Crippen LogP contribution is -2.14. The van der Waals surface area contributed by atoms with E-state index in [4.69, 9.17) is 11.6 Å². The molecule has 0 atom stereocenters. The molecule has 0 spiro atoms. The lowest BCUT2D eigenvalue weighted by Gasteiger charge is -2.10. The van der Waals surface area contributed by atoms with Crippen LogP contribution in [0.25, 0.3) is 0 Å². The number of carbonyl (C=O) groups is 2. The molecule has 0 radical (unpaired) electrons. The fraction of sp³-hybridized carbons (Fsp3) is 0.0667. The molecule has 0 unspecified atom stereocenters. The fourth-order valence-electron chi connectivity index (χ4n) is 2.18. The average molecular weight is 305 g/mol. The van der Waals surface area contributed by atoms with E-state index in [1.807, 2.05) is 0 Å². The van der Waals surface area contributed by atoms with E-state index in [9.17, 15) is 14.0 Å². The Balaban J connectivity index is 1.89. The quantitative estimate of drug-likeness (QED) is 0.895. The van der Waals surface area contributed by atoms with Gasteiger partial charge in [0.05, 0.1) is 22.7 Å². The number of amides is 2. The maximum atomic E-state index is 13.6. The standard InChI is InChI=1S/C15H10ClFN2O2/c16-10-7-12-8(6-14(20)18-12)5-13(10)19-15(21)9-3-1-2-4-11(9)17/h1-5,7H,6H2,(H,18,20)(H,19,21). The molecule has 1 heterocycles. The van der Waals surface area contributed by atoms with Crippen LogP contribution in [0.5, 0.6) is 0 Å². The van der Waals surface area contributed by atoms with Gasteiger partial charge in [0.25, 0.3) is 5.91 Å². The van der Waals surface area contributed by atoms with Gasteiger partial charge in [-0.25, -0.2) is 4.39 Å². The predicted molar refractivity (Wildman–Crippen MR) is 78.1 cm³/mol. The summed E-state index contributed by atoms with van der Waals surface area (Å²) in [5.74, 6) is -1.32. The minimum atomic E-state index is -0.607. The lowest BCUT2D eigenvalue weighted by molar-refractivity contribution is -0.115. The second kappa shape index (κ2) is 5.18. The van der Waals surface area contributed by atoms with Crippen LogP contribution >= 0.6 is 11.6 Å². The largest absolute Gasteiger partial charge is 0.325 e. The number of carbonyl (C=O) groups excluding carboxylic acids is 2. The van der Waals surface area contributed by atoms with Crippen molar-refractivity contribution in [2.75, 3.05) is 10.6 Å². The number of nitrogens with one attached hydrogen (secondary N) is 2. The van der Waals surface area contributed by atoms with Gasteiger partial charge in [0.1, 0.15) is 5.82 Å². The summed E-state index contributed by atoms with van der Waals surface area (Å²) < 4.78 is 13.6. The molecule has 0 fully saturated rings. The van der Waals surface area contributed by atoms with E-state index in [1.54, 1.807) is 18.2 Å². The maximum Gasteiger partial charge on any atom is 0.258 e. The van der Waals surface area contributed by atoms with Crippen LogP contribution in [0.15, 0.2) is 36.4 Å². The molecule has 2 aromatic carbocycles. The van der Waals surface area contributed by atoms with Gasteiger partial charge >= 0.3 is 0 Å². The van der Waals surface area contributed by atoms with Gasteiger partial charge in [0.15, 0.2) is 0 Å². The number of fused-ring (bicyclic) bond motifs is 1. The molecule has 0 bridgehead atoms. The van der Waals surface area contributed by atoms with Crippen molar-refractivity contribution in [2.24, 2.45) is 0 Å². The highest BCUT2D eigenvalue weighted by molar-refractivity contribution is 6.34. The number of rotatable bonds is 2. The van der Waals surface area contributed by atoms with Crippen LogP contribution < -0.4 is 10.6 Å². The Morgan fingerprint density at radius 2 is 2.05 bits per heavy atom. The molecule has 2 N–H and O–H groups in total. The van der Waals surface area contributed by atoms with Crippen LogP contribution in [0, 0.1) is 5.82 Å². The van der Waals surface area contributed by atoms with Crippen LogP contribution in [0.3, 0.4) is 0 Å². The number of hydrogen-bond donors (Lipinski definition) is 2. The highest BCUT2D eigenvalue weighted by atomic mass is 35.5. The molecule has 21 heavy (non-hydrogen) atoms. The Kier molecular flexibility index (Phi) is 3.35. The summed E-state index contributed by atoms with van der Waals surface area (Å²) in [5, 5.41) is 5.50. The lowest BCUT2D eigenvalue weighted by atomic mass is 10.1. The zero-order valence-electron chi connectivity index (χ0n) is 10.7. The van der Waals surface area contributed by atoms with E-state index < -0.39 is 11.7 Å². The van der Waals surface area contributed by atoms with E-state index in [-0.39, 0.29) is 22.9 Å². The third-order valence-corrected chi connectivity index (χ3v) is 3.50. The summed E-state index contributed by atoms with van der Waals surface area (Å²) in [5.41, 5.74) is 1.66. The molecular weight excluding hydrogens is 295 g/mol. The third-order valence-electron chi connectivity index (χ3n) is 3.18. The smallest absolute Gasteiger partial charge is 0.258 e. The van der Waals surface area contributed by atoms with Gasteiger partial charge in [-0.1, -0.05) is 23.7 Å². The second-order valence-corrected chi connectivity index (χ2v) is 5.06. The minimum Gasteiger partial charge on any atom is -0.325 e. The Morgan fingerprint density at radius 3 is 2.81 bits per heavy atom. The number of benzene rings is 2. The summed E-state index contributed by atoms with van der Waals surface area (Å²) in [6.45, 7) is 0. The first-order valence-corrected chi connectivity index (χ1v) is 6.60. The van der Waals surface area contributed by atoms with Gasteiger partial charge in [0.2, 0.25) is 5.91 Å². The first-order chi connectivity index (χ1) is 10.0. The molecule has 0 aromatic heterocycles. The van der Waals surface area contributed by atoms with Crippen molar-refractivity contribution < 1.29 is 14.0 Å². The monoisotopic (exact) mass is 304 g/mol. The zero-order chi connectivity index (χ0) is 15.0. The van der Waals surface area contributed by atoms with Crippen molar-refractivity contribution in [3.8, 4) is 0 Å².